The molecule has 1 atom stereocenters. The number of aromatic amines is 1. The number of anilines is 1. The highest BCUT2D eigenvalue weighted by molar-refractivity contribution is 7.89. The highest BCUT2D eigenvalue weighted by atomic mass is 32.2. The van der Waals surface area contributed by atoms with Crippen LogP contribution in [-0.2, 0) is 10.0 Å². The molecule has 0 radical (unpaired) electrons. The first-order valence-corrected chi connectivity index (χ1v) is 6.70. The summed E-state index contributed by atoms with van der Waals surface area (Å²) >= 11 is 0. The van der Waals surface area contributed by atoms with Gasteiger partial charge in [0.15, 0.2) is 0 Å². The molecule has 4 N–H and O–H groups in total. The van der Waals surface area contributed by atoms with E-state index in [9.17, 15) is 8.42 Å². The molecule has 96 valence electrons. The van der Waals surface area contributed by atoms with E-state index in [1.807, 2.05) is 0 Å². The van der Waals surface area contributed by atoms with Gasteiger partial charge in [0.2, 0.25) is 10.0 Å². The van der Waals surface area contributed by atoms with E-state index in [0.29, 0.717) is 0 Å². The molecule has 0 aliphatic carbocycles. The van der Waals surface area contributed by atoms with Crippen LogP contribution in [0.25, 0.3) is 0 Å². The second-order valence-electron chi connectivity index (χ2n) is 3.76. The molecule has 0 aliphatic heterocycles. The summed E-state index contributed by atoms with van der Waals surface area (Å²) in [5, 5.41) is 6.39. The Morgan fingerprint density at radius 3 is 2.89 bits per heavy atom. The van der Waals surface area contributed by atoms with E-state index < -0.39 is 16.1 Å². The summed E-state index contributed by atoms with van der Waals surface area (Å²) in [7, 11) is -3.70. The number of aromatic nitrogens is 3. The van der Waals surface area contributed by atoms with Crippen molar-refractivity contribution in [3.8, 4) is 0 Å². The number of hydrogen-bond acceptors (Lipinski definition) is 5. The lowest BCUT2D eigenvalue weighted by Crippen LogP contribution is -2.27. The summed E-state index contributed by atoms with van der Waals surface area (Å²) in [5.41, 5.74) is 6.29. The lowest BCUT2D eigenvalue weighted by Gasteiger charge is -2.13. The summed E-state index contributed by atoms with van der Waals surface area (Å²) < 4.78 is 26.7. The molecular formula is C10H13N5O2S. The van der Waals surface area contributed by atoms with Gasteiger partial charge in [-0.05, 0) is 19.1 Å². The first-order valence-electron chi connectivity index (χ1n) is 5.22. The summed E-state index contributed by atoms with van der Waals surface area (Å²) in [4.78, 5) is 3.73. The number of pyridine rings is 1. The van der Waals surface area contributed by atoms with E-state index in [4.69, 9.17) is 5.73 Å². The largest absolute Gasteiger partial charge is 0.383 e. The van der Waals surface area contributed by atoms with Crippen LogP contribution in [0.5, 0.6) is 0 Å². The molecule has 7 nitrogen and oxygen atoms in total. The third-order valence-electron chi connectivity index (χ3n) is 2.44. The minimum atomic E-state index is -3.70. The molecule has 0 aliphatic rings. The second kappa shape index (κ2) is 4.75. The quantitative estimate of drug-likeness (QED) is 0.743. The molecular weight excluding hydrogens is 254 g/mol. The van der Waals surface area contributed by atoms with Crippen LogP contribution in [0.3, 0.4) is 0 Å². The van der Waals surface area contributed by atoms with Gasteiger partial charge in [0.05, 0.1) is 6.20 Å². The number of nitrogens with one attached hydrogen (secondary N) is 2. The fourth-order valence-corrected chi connectivity index (χ4v) is 2.81. The highest BCUT2D eigenvalue weighted by Crippen LogP contribution is 2.18. The van der Waals surface area contributed by atoms with Crippen molar-refractivity contribution in [3.05, 3.63) is 36.3 Å². The average Bonchev–Trinajstić information content (AvgIpc) is 2.82. The topological polar surface area (TPSA) is 114 Å². The predicted octanol–water partition coefficient (Wildman–Crippen LogP) is 0.426. The maximum Gasteiger partial charge on any atom is 0.244 e. The summed E-state index contributed by atoms with van der Waals surface area (Å²) in [6.45, 7) is 1.72. The van der Waals surface area contributed by atoms with E-state index in [1.165, 1.54) is 18.3 Å². The summed E-state index contributed by atoms with van der Waals surface area (Å²) in [6, 6.07) is 2.52. The molecule has 0 fully saturated rings. The fourth-order valence-electron chi connectivity index (χ4n) is 1.49. The van der Waals surface area contributed by atoms with Crippen molar-refractivity contribution in [2.45, 2.75) is 17.9 Å². The number of nitrogens with zero attached hydrogens (tertiary/aromatic N) is 2. The molecule has 2 heterocycles. The molecule has 0 bridgehead atoms. The molecule has 0 saturated heterocycles. The maximum atomic E-state index is 12.1. The average molecular weight is 267 g/mol. The third kappa shape index (κ3) is 2.49. The van der Waals surface area contributed by atoms with Gasteiger partial charge in [-0.3, -0.25) is 5.10 Å². The van der Waals surface area contributed by atoms with Gasteiger partial charge in [-0.1, -0.05) is 0 Å². The van der Waals surface area contributed by atoms with Crippen LogP contribution in [0.15, 0.2) is 35.6 Å². The number of nitrogen functional groups attached to an aromatic ring is 1. The van der Waals surface area contributed by atoms with Crippen LogP contribution < -0.4 is 10.5 Å². The number of nitrogens with two attached hydrogens (primary N) is 1. The Balaban J connectivity index is 2.26. The van der Waals surface area contributed by atoms with Gasteiger partial charge in [-0.25, -0.2) is 18.1 Å². The van der Waals surface area contributed by atoms with Gasteiger partial charge < -0.3 is 5.73 Å². The van der Waals surface area contributed by atoms with Gasteiger partial charge in [0.1, 0.15) is 10.7 Å². The van der Waals surface area contributed by atoms with E-state index >= 15 is 0 Å². The van der Waals surface area contributed by atoms with Gasteiger partial charge >= 0.3 is 0 Å². The van der Waals surface area contributed by atoms with Crippen LogP contribution in [-0.4, -0.2) is 23.6 Å². The molecule has 2 aromatic rings. The standard InChI is InChI=1S/C10H13N5O2S/c1-7(8-5-13-14-6-8)15-18(16,17)9-3-2-4-12-10(9)11/h2-7,15H,1H3,(H2,11,12)(H,13,14). The Morgan fingerprint density at radius 1 is 1.50 bits per heavy atom. The molecule has 2 rings (SSSR count). The number of H-pyrrole nitrogens is 1. The monoisotopic (exact) mass is 267 g/mol. The molecule has 0 saturated carbocycles. The van der Waals surface area contributed by atoms with Crippen LogP contribution in [0.2, 0.25) is 0 Å². The van der Waals surface area contributed by atoms with Crippen LogP contribution in [0.1, 0.15) is 18.5 Å². The van der Waals surface area contributed by atoms with E-state index in [-0.39, 0.29) is 10.7 Å². The molecule has 2 aromatic heterocycles. The molecule has 18 heavy (non-hydrogen) atoms. The predicted molar refractivity (Wildman–Crippen MR) is 66.0 cm³/mol. The third-order valence-corrected chi connectivity index (χ3v) is 4.03. The van der Waals surface area contributed by atoms with Crippen molar-refractivity contribution in [1.82, 2.24) is 19.9 Å². The highest BCUT2D eigenvalue weighted by Gasteiger charge is 2.21. The van der Waals surface area contributed by atoms with Gasteiger partial charge in [0, 0.05) is 24.0 Å². The van der Waals surface area contributed by atoms with Crippen molar-refractivity contribution in [2.24, 2.45) is 0 Å². The Bertz CT molecular complexity index is 623. The van der Waals surface area contributed by atoms with Crippen LogP contribution >= 0.6 is 0 Å². The zero-order valence-corrected chi connectivity index (χ0v) is 10.5. The molecule has 1 unspecified atom stereocenters. The minimum Gasteiger partial charge on any atom is -0.383 e. The molecule has 0 amide bonds. The SMILES string of the molecule is CC(NS(=O)(=O)c1cccnc1N)c1cn[nH]c1. The summed E-state index contributed by atoms with van der Waals surface area (Å²) in [5.74, 6) is -0.0237. The first-order chi connectivity index (χ1) is 8.50. The van der Waals surface area contributed by atoms with Crippen molar-refractivity contribution >= 4 is 15.8 Å². The lowest BCUT2D eigenvalue weighted by atomic mass is 10.2. The lowest BCUT2D eigenvalue weighted by molar-refractivity contribution is 0.567. The Hall–Kier alpha value is -1.93. The zero-order chi connectivity index (χ0) is 13.2. The normalized spacial score (nSPS) is 13.4. The second-order valence-corrected chi connectivity index (χ2v) is 5.44. The van der Waals surface area contributed by atoms with Gasteiger partial charge in [0.25, 0.3) is 0 Å². The Labute approximate surface area is 104 Å². The van der Waals surface area contributed by atoms with Crippen molar-refractivity contribution in [2.75, 3.05) is 5.73 Å². The van der Waals surface area contributed by atoms with Crippen LogP contribution in [0, 0.1) is 0 Å². The fraction of sp³-hybridized carbons (Fsp3) is 0.200. The van der Waals surface area contributed by atoms with Crippen molar-refractivity contribution in [1.29, 1.82) is 0 Å². The Morgan fingerprint density at radius 2 is 2.28 bits per heavy atom. The number of rotatable bonds is 4. The van der Waals surface area contributed by atoms with E-state index in [2.05, 4.69) is 19.9 Å². The van der Waals surface area contributed by atoms with Crippen molar-refractivity contribution < 1.29 is 8.42 Å². The maximum absolute atomic E-state index is 12.1. The number of hydrogen-bond donors (Lipinski definition) is 3. The summed E-state index contributed by atoms with van der Waals surface area (Å²) in [6.07, 6.45) is 4.62. The first kappa shape index (κ1) is 12.5. The van der Waals surface area contributed by atoms with Gasteiger partial charge in [-0.15, -0.1) is 0 Å². The van der Waals surface area contributed by atoms with Crippen LogP contribution in [0.4, 0.5) is 5.82 Å². The zero-order valence-electron chi connectivity index (χ0n) is 9.66. The molecule has 0 aromatic carbocycles. The smallest absolute Gasteiger partial charge is 0.244 e. The number of sulfonamides is 1. The van der Waals surface area contributed by atoms with Gasteiger partial charge in [-0.2, -0.15) is 5.10 Å². The van der Waals surface area contributed by atoms with Crippen molar-refractivity contribution in [3.63, 3.8) is 0 Å². The molecule has 0 spiro atoms. The Kier molecular flexibility index (Phi) is 3.30. The van der Waals surface area contributed by atoms with E-state index in [1.54, 1.807) is 19.3 Å². The van der Waals surface area contributed by atoms with E-state index in [0.717, 1.165) is 5.56 Å². The minimum absolute atomic E-state index is 0.0237. The molecule has 8 heteroatoms.